The molecule has 5 nitrogen and oxygen atoms in total. The Bertz CT molecular complexity index is 834. The Kier molecular flexibility index (Phi) is 4.79. The van der Waals surface area contributed by atoms with Gasteiger partial charge < -0.3 is 9.47 Å². The molecule has 0 radical (unpaired) electrons. The summed E-state index contributed by atoms with van der Waals surface area (Å²) in [5.41, 5.74) is 1.30. The lowest BCUT2D eigenvalue weighted by atomic mass is 10.2. The van der Waals surface area contributed by atoms with E-state index in [2.05, 4.69) is 4.72 Å². The fraction of sp³-hybridized carbons (Fsp3) is 0.250. The summed E-state index contributed by atoms with van der Waals surface area (Å²) in [5.74, 6) is 0.220. The van der Waals surface area contributed by atoms with Crippen LogP contribution in [0.2, 0.25) is 0 Å². The summed E-state index contributed by atoms with van der Waals surface area (Å²) in [7, 11) is -0.997. The van der Waals surface area contributed by atoms with E-state index in [0.717, 1.165) is 6.07 Å². The summed E-state index contributed by atoms with van der Waals surface area (Å²) < 4.78 is 51.3. The first kappa shape index (κ1) is 17.1. The molecule has 1 N–H and O–H groups in total. The molecule has 0 aliphatic carbocycles. The number of methoxy groups -OCH3 is 2. The van der Waals surface area contributed by atoms with E-state index in [9.17, 15) is 12.8 Å². The molecule has 0 bridgehead atoms. The van der Waals surface area contributed by atoms with Crippen LogP contribution in [0.15, 0.2) is 35.2 Å². The Morgan fingerprint density at radius 2 is 1.57 bits per heavy atom. The van der Waals surface area contributed by atoms with E-state index in [1.165, 1.54) is 32.4 Å². The molecule has 0 aliphatic heterocycles. The van der Waals surface area contributed by atoms with E-state index in [4.69, 9.17) is 9.47 Å². The van der Waals surface area contributed by atoms with Gasteiger partial charge in [-0.1, -0.05) is 6.07 Å². The summed E-state index contributed by atoms with van der Waals surface area (Å²) >= 11 is 0. The number of anilines is 1. The van der Waals surface area contributed by atoms with Crippen LogP contribution in [0.25, 0.3) is 0 Å². The molecular formula is C16H18FNO4S. The van der Waals surface area contributed by atoms with Crippen LogP contribution in [-0.2, 0) is 10.0 Å². The van der Waals surface area contributed by atoms with Gasteiger partial charge in [0.1, 0.15) is 5.82 Å². The molecular weight excluding hydrogens is 321 g/mol. The molecule has 0 amide bonds. The maximum Gasteiger partial charge on any atom is 0.262 e. The highest BCUT2D eigenvalue weighted by molar-refractivity contribution is 7.92. The zero-order valence-electron chi connectivity index (χ0n) is 13.3. The zero-order valence-corrected chi connectivity index (χ0v) is 14.1. The van der Waals surface area contributed by atoms with Gasteiger partial charge in [-0.05, 0) is 43.2 Å². The lowest BCUT2D eigenvalue weighted by Crippen LogP contribution is -2.15. The third-order valence-corrected chi connectivity index (χ3v) is 4.92. The van der Waals surface area contributed by atoms with Crippen LogP contribution in [0, 0.1) is 19.7 Å². The monoisotopic (exact) mass is 339 g/mol. The standard InChI is InChI=1S/C16H18FNO4S/c1-10-5-6-12(17)8-13(10)18-23(19,20)16-9-15(22-4)14(21-3)7-11(16)2/h5-9,18H,1-4H3. The molecule has 23 heavy (non-hydrogen) atoms. The van der Waals surface area contributed by atoms with Gasteiger partial charge in [-0.2, -0.15) is 0 Å². The SMILES string of the molecule is COc1cc(C)c(S(=O)(=O)Nc2cc(F)ccc2C)cc1OC. The molecule has 0 fully saturated rings. The van der Waals surface area contributed by atoms with E-state index in [0.29, 0.717) is 22.6 Å². The lowest BCUT2D eigenvalue weighted by molar-refractivity contribution is 0.353. The fourth-order valence-corrected chi connectivity index (χ4v) is 3.52. The van der Waals surface area contributed by atoms with Gasteiger partial charge in [0.15, 0.2) is 11.5 Å². The van der Waals surface area contributed by atoms with Crippen molar-refractivity contribution in [3.8, 4) is 11.5 Å². The van der Waals surface area contributed by atoms with Gasteiger partial charge in [-0.15, -0.1) is 0 Å². The highest BCUT2D eigenvalue weighted by atomic mass is 32.2. The van der Waals surface area contributed by atoms with Crippen molar-refractivity contribution in [2.45, 2.75) is 18.7 Å². The van der Waals surface area contributed by atoms with Gasteiger partial charge in [0.2, 0.25) is 0 Å². The van der Waals surface area contributed by atoms with Crippen LogP contribution >= 0.6 is 0 Å². The average Bonchev–Trinajstić information content (AvgIpc) is 2.50. The number of hydrogen-bond acceptors (Lipinski definition) is 4. The van der Waals surface area contributed by atoms with Crippen molar-refractivity contribution in [3.05, 3.63) is 47.3 Å². The molecule has 124 valence electrons. The first-order valence-electron chi connectivity index (χ1n) is 6.80. The van der Waals surface area contributed by atoms with Gasteiger partial charge in [-0.3, -0.25) is 4.72 Å². The van der Waals surface area contributed by atoms with Gasteiger partial charge in [0.05, 0.1) is 24.8 Å². The maximum atomic E-state index is 13.4. The van der Waals surface area contributed by atoms with Gasteiger partial charge in [0.25, 0.3) is 10.0 Å². The molecule has 7 heteroatoms. The van der Waals surface area contributed by atoms with Crippen LogP contribution in [0.5, 0.6) is 11.5 Å². The summed E-state index contributed by atoms with van der Waals surface area (Å²) in [5, 5.41) is 0. The second kappa shape index (κ2) is 6.45. The van der Waals surface area contributed by atoms with E-state index >= 15 is 0 Å². The number of nitrogens with one attached hydrogen (secondary N) is 1. The minimum atomic E-state index is -3.89. The van der Waals surface area contributed by atoms with E-state index in [-0.39, 0.29) is 10.6 Å². The molecule has 0 aromatic heterocycles. The third-order valence-electron chi connectivity index (χ3n) is 3.41. The molecule has 0 saturated carbocycles. The normalized spacial score (nSPS) is 11.2. The van der Waals surface area contributed by atoms with Crippen LogP contribution in [0.3, 0.4) is 0 Å². The summed E-state index contributed by atoms with van der Waals surface area (Å²) in [6, 6.07) is 6.88. The highest BCUT2D eigenvalue weighted by Gasteiger charge is 2.21. The molecule has 0 heterocycles. The topological polar surface area (TPSA) is 64.6 Å². The van der Waals surface area contributed by atoms with Crippen molar-refractivity contribution in [1.82, 2.24) is 0 Å². The molecule has 0 spiro atoms. The third kappa shape index (κ3) is 3.56. The van der Waals surface area contributed by atoms with E-state index in [1.54, 1.807) is 19.9 Å². The maximum absolute atomic E-state index is 13.4. The number of rotatable bonds is 5. The van der Waals surface area contributed by atoms with Crippen LogP contribution in [0.1, 0.15) is 11.1 Å². The second-order valence-corrected chi connectivity index (χ2v) is 6.69. The second-order valence-electron chi connectivity index (χ2n) is 5.04. The molecule has 0 unspecified atom stereocenters. The summed E-state index contributed by atoms with van der Waals surface area (Å²) in [6.07, 6.45) is 0. The van der Waals surface area contributed by atoms with Gasteiger partial charge >= 0.3 is 0 Å². The van der Waals surface area contributed by atoms with Crippen molar-refractivity contribution in [2.75, 3.05) is 18.9 Å². The summed E-state index contributed by atoms with van der Waals surface area (Å²) in [4.78, 5) is 0.0406. The Morgan fingerprint density at radius 1 is 0.957 bits per heavy atom. The molecule has 0 saturated heterocycles. The summed E-state index contributed by atoms with van der Waals surface area (Å²) in [6.45, 7) is 3.34. The van der Waals surface area contributed by atoms with Gasteiger partial charge in [-0.25, -0.2) is 12.8 Å². The van der Waals surface area contributed by atoms with E-state index < -0.39 is 15.8 Å². The average molecular weight is 339 g/mol. The number of sulfonamides is 1. The first-order chi connectivity index (χ1) is 10.8. The molecule has 2 rings (SSSR count). The Balaban J connectivity index is 2.49. The number of halogens is 1. The van der Waals surface area contributed by atoms with Crippen LogP contribution in [-0.4, -0.2) is 22.6 Å². The predicted octanol–water partition coefficient (Wildman–Crippen LogP) is 3.26. The van der Waals surface area contributed by atoms with Crippen LogP contribution < -0.4 is 14.2 Å². The van der Waals surface area contributed by atoms with Crippen molar-refractivity contribution < 1.29 is 22.3 Å². The Hall–Kier alpha value is -2.28. The highest BCUT2D eigenvalue weighted by Crippen LogP contribution is 2.33. The minimum Gasteiger partial charge on any atom is -0.493 e. The van der Waals surface area contributed by atoms with E-state index in [1.807, 2.05) is 0 Å². The number of benzene rings is 2. The number of aryl methyl sites for hydroxylation is 2. The number of hydrogen-bond donors (Lipinski definition) is 1. The van der Waals surface area contributed by atoms with Gasteiger partial charge in [0, 0.05) is 6.07 Å². The zero-order chi connectivity index (χ0) is 17.2. The van der Waals surface area contributed by atoms with Crippen molar-refractivity contribution >= 4 is 15.7 Å². The Morgan fingerprint density at radius 3 is 2.17 bits per heavy atom. The van der Waals surface area contributed by atoms with Crippen molar-refractivity contribution in [2.24, 2.45) is 0 Å². The minimum absolute atomic E-state index is 0.0406. The molecule has 2 aromatic carbocycles. The first-order valence-corrected chi connectivity index (χ1v) is 8.28. The van der Waals surface area contributed by atoms with Crippen molar-refractivity contribution in [1.29, 1.82) is 0 Å². The Labute approximate surface area is 135 Å². The predicted molar refractivity (Wildman–Crippen MR) is 86.2 cm³/mol. The van der Waals surface area contributed by atoms with Crippen molar-refractivity contribution in [3.63, 3.8) is 0 Å². The number of ether oxygens (including phenoxy) is 2. The molecule has 2 aromatic rings. The van der Waals surface area contributed by atoms with Crippen LogP contribution in [0.4, 0.5) is 10.1 Å². The molecule has 0 aliphatic rings. The largest absolute Gasteiger partial charge is 0.493 e. The molecule has 0 atom stereocenters. The lowest BCUT2D eigenvalue weighted by Gasteiger charge is -2.15. The smallest absolute Gasteiger partial charge is 0.262 e. The quantitative estimate of drug-likeness (QED) is 0.908. The fourth-order valence-electron chi connectivity index (χ4n) is 2.16.